The summed E-state index contributed by atoms with van der Waals surface area (Å²) in [5.41, 5.74) is 12.3. The van der Waals surface area contributed by atoms with E-state index in [1.165, 1.54) is 5.56 Å². The van der Waals surface area contributed by atoms with Crippen LogP contribution in [0, 0.1) is 20.8 Å². The summed E-state index contributed by atoms with van der Waals surface area (Å²) in [5.74, 6) is 0.541. The fraction of sp³-hybridized carbons (Fsp3) is 0.286. The lowest BCUT2D eigenvalue weighted by molar-refractivity contribution is 0.961. The van der Waals surface area contributed by atoms with Crippen LogP contribution >= 0.6 is 0 Å². The second-order valence-electron chi connectivity index (χ2n) is 4.88. The number of benzene rings is 1. The third-order valence-corrected chi connectivity index (χ3v) is 3.61. The third-order valence-electron chi connectivity index (χ3n) is 3.61. The molecule has 4 heteroatoms. The third kappa shape index (κ3) is 1.32. The normalized spacial score (nSPS) is 11.6. The fourth-order valence-corrected chi connectivity index (χ4v) is 2.45. The molecule has 0 aliphatic heterocycles. The van der Waals surface area contributed by atoms with E-state index < -0.39 is 0 Å². The van der Waals surface area contributed by atoms with Crippen molar-refractivity contribution in [3.05, 3.63) is 29.0 Å². The van der Waals surface area contributed by atoms with Crippen molar-refractivity contribution in [1.82, 2.24) is 14.5 Å². The van der Waals surface area contributed by atoms with Crippen LogP contribution in [0.3, 0.4) is 0 Å². The minimum Gasteiger partial charge on any atom is -0.369 e. The zero-order chi connectivity index (χ0) is 13.0. The molecular formula is C14H16N4. The molecule has 3 aromatic rings. The van der Waals surface area contributed by atoms with Gasteiger partial charge in [-0.2, -0.15) is 0 Å². The topological polar surface area (TPSA) is 56.7 Å². The van der Waals surface area contributed by atoms with Crippen LogP contribution < -0.4 is 5.73 Å². The van der Waals surface area contributed by atoms with E-state index in [2.05, 4.69) is 35.9 Å². The number of aryl methyl sites for hydroxylation is 4. The molecule has 92 valence electrons. The van der Waals surface area contributed by atoms with Gasteiger partial charge in [0, 0.05) is 18.1 Å². The molecule has 2 heterocycles. The predicted molar refractivity (Wildman–Crippen MR) is 74.6 cm³/mol. The molecule has 0 amide bonds. The monoisotopic (exact) mass is 240 g/mol. The molecule has 2 aromatic heterocycles. The van der Waals surface area contributed by atoms with Gasteiger partial charge < -0.3 is 10.3 Å². The van der Waals surface area contributed by atoms with Crippen LogP contribution in [0.15, 0.2) is 12.1 Å². The Labute approximate surface area is 105 Å². The standard InChI is InChI=1S/C14H16N4/c1-7-5-10-11(16-9(7)3)6-8(2)13-12(10)17-14(15)18(13)4/h5-6H,1-4H3,(H2,15,17). The summed E-state index contributed by atoms with van der Waals surface area (Å²) in [4.78, 5) is 9.11. The Morgan fingerprint density at radius 3 is 2.50 bits per heavy atom. The summed E-state index contributed by atoms with van der Waals surface area (Å²) in [5, 5.41) is 1.08. The van der Waals surface area contributed by atoms with E-state index in [9.17, 15) is 0 Å². The first-order chi connectivity index (χ1) is 8.49. The smallest absolute Gasteiger partial charge is 0.200 e. The molecule has 0 aliphatic rings. The van der Waals surface area contributed by atoms with E-state index >= 15 is 0 Å². The summed E-state index contributed by atoms with van der Waals surface area (Å²) in [6.07, 6.45) is 0. The highest BCUT2D eigenvalue weighted by Crippen LogP contribution is 2.29. The molecule has 2 N–H and O–H groups in total. The number of anilines is 1. The van der Waals surface area contributed by atoms with Crippen LogP contribution in [-0.2, 0) is 7.05 Å². The Morgan fingerprint density at radius 1 is 1.06 bits per heavy atom. The van der Waals surface area contributed by atoms with Crippen LogP contribution in [0.2, 0.25) is 0 Å². The number of fused-ring (bicyclic) bond motifs is 3. The van der Waals surface area contributed by atoms with Crippen LogP contribution in [0.1, 0.15) is 16.8 Å². The maximum atomic E-state index is 5.91. The van der Waals surface area contributed by atoms with Crippen molar-refractivity contribution in [3.8, 4) is 0 Å². The first-order valence-electron chi connectivity index (χ1n) is 5.98. The fourth-order valence-electron chi connectivity index (χ4n) is 2.45. The van der Waals surface area contributed by atoms with Gasteiger partial charge in [-0.3, -0.25) is 4.98 Å². The number of nitrogen functional groups attached to an aromatic ring is 1. The Kier molecular flexibility index (Phi) is 2.11. The molecule has 0 radical (unpaired) electrons. The summed E-state index contributed by atoms with van der Waals surface area (Å²) in [6.45, 7) is 6.17. The van der Waals surface area contributed by atoms with E-state index in [1.54, 1.807) is 0 Å². The average molecular weight is 240 g/mol. The van der Waals surface area contributed by atoms with Gasteiger partial charge in [0.15, 0.2) is 0 Å². The van der Waals surface area contributed by atoms with Gasteiger partial charge in [0.1, 0.15) is 5.52 Å². The molecule has 0 atom stereocenters. The predicted octanol–water partition coefficient (Wildman–Crippen LogP) is 2.63. The number of imidazole rings is 1. The quantitative estimate of drug-likeness (QED) is 0.657. The van der Waals surface area contributed by atoms with Gasteiger partial charge in [-0.1, -0.05) is 0 Å². The average Bonchev–Trinajstić information content (AvgIpc) is 2.60. The van der Waals surface area contributed by atoms with E-state index in [-0.39, 0.29) is 0 Å². The summed E-state index contributed by atoms with van der Waals surface area (Å²) < 4.78 is 1.93. The van der Waals surface area contributed by atoms with E-state index in [4.69, 9.17) is 5.73 Å². The van der Waals surface area contributed by atoms with Crippen LogP contribution in [0.25, 0.3) is 21.9 Å². The van der Waals surface area contributed by atoms with E-state index in [0.29, 0.717) is 5.95 Å². The maximum absolute atomic E-state index is 5.91. The minimum absolute atomic E-state index is 0.541. The highest BCUT2D eigenvalue weighted by molar-refractivity contribution is 6.05. The van der Waals surface area contributed by atoms with Crippen LogP contribution in [-0.4, -0.2) is 14.5 Å². The van der Waals surface area contributed by atoms with Crippen molar-refractivity contribution in [1.29, 1.82) is 0 Å². The summed E-state index contributed by atoms with van der Waals surface area (Å²) >= 11 is 0. The van der Waals surface area contributed by atoms with E-state index in [1.807, 2.05) is 18.5 Å². The molecule has 18 heavy (non-hydrogen) atoms. The summed E-state index contributed by atoms with van der Waals surface area (Å²) in [7, 11) is 1.94. The first kappa shape index (κ1) is 11.0. The van der Waals surface area contributed by atoms with Gasteiger partial charge in [0.05, 0.1) is 11.0 Å². The highest BCUT2D eigenvalue weighted by Gasteiger charge is 2.13. The molecule has 3 rings (SSSR count). The molecule has 4 nitrogen and oxygen atoms in total. The first-order valence-corrected chi connectivity index (χ1v) is 5.98. The molecule has 1 aromatic carbocycles. The maximum Gasteiger partial charge on any atom is 0.200 e. The number of rotatable bonds is 0. The molecule has 0 saturated carbocycles. The Balaban J connectivity index is 2.60. The second kappa shape index (κ2) is 3.45. The largest absolute Gasteiger partial charge is 0.369 e. The van der Waals surface area contributed by atoms with E-state index in [0.717, 1.165) is 33.2 Å². The molecule has 0 bridgehead atoms. The Bertz CT molecular complexity index is 784. The lowest BCUT2D eigenvalue weighted by Crippen LogP contribution is -1.97. The molecule has 0 saturated heterocycles. The molecule has 0 fully saturated rings. The SMILES string of the molecule is Cc1cc2c(cc(C)c3c2nc(N)n3C)nc1C. The van der Waals surface area contributed by atoms with Gasteiger partial charge in [-0.05, 0) is 44.0 Å². The molecule has 0 spiro atoms. The summed E-state index contributed by atoms with van der Waals surface area (Å²) in [6, 6.07) is 4.25. The zero-order valence-electron chi connectivity index (χ0n) is 11.1. The number of hydrogen-bond acceptors (Lipinski definition) is 3. The molecule has 0 unspecified atom stereocenters. The van der Waals surface area contributed by atoms with Crippen molar-refractivity contribution < 1.29 is 0 Å². The van der Waals surface area contributed by atoms with Gasteiger partial charge >= 0.3 is 0 Å². The number of hydrogen-bond donors (Lipinski definition) is 1. The minimum atomic E-state index is 0.541. The zero-order valence-corrected chi connectivity index (χ0v) is 11.1. The number of nitrogens with two attached hydrogens (primary N) is 1. The van der Waals surface area contributed by atoms with Crippen LogP contribution in [0.4, 0.5) is 5.95 Å². The van der Waals surface area contributed by atoms with Gasteiger partial charge in [-0.25, -0.2) is 4.98 Å². The van der Waals surface area contributed by atoms with Crippen molar-refractivity contribution in [2.45, 2.75) is 20.8 Å². The second-order valence-corrected chi connectivity index (χ2v) is 4.88. The van der Waals surface area contributed by atoms with Crippen molar-refractivity contribution in [3.63, 3.8) is 0 Å². The highest BCUT2D eigenvalue weighted by atomic mass is 15.1. The van der Waals surface area contributed by atoms with Gasteiger partial charge in [0.2, 0.25) is 5.95 Å². The van der Waals surface area contributed by atoms with Crippen molar-refractivity contribution in [2.75, 3.05) is 5.73 Å². The lowest BCUT2D eigenvalue weighted by atomic mass is 10.1. The number of aromatic nitrogens is 3. The molecule has 0 aliphatic carbocycles. The van der Waals surface area contributed by atoms with Crippen LogP contribution in [0.5, 0.6) is 0 Å². The number of pyridine rings is 1. The molecular weight excluding hydrogens is 224 g/mol. The van der Waals surface area contributed by atoms with Crippen molar-refractivity contribution in [2.24, 2.45) is 7.05 Å². The van der Waals surface area contributed by atoms with Gasteiger partial charge in [0.25, 0.3) is 0 Å². The lowest BCUT2D eigenvalue weighted by Gasteiger charge is -2.06. The Hall–Kier alpha value is -2.10. The van der Waals surface area contributed by atoms with Crippen molar-refractivity contribution >= 4 is 27.9 Å². The Morgan fingerprint density at radius 2 is 1.78 bits per heavy atom. The van der Waals surface area contributed by atoms with Gasteiger partial charge in [-0.15, -0.1) is 0 Å². The number of nitrogens with zero attached hydrogens (tertiary/aromatic N) is 3.